The van der Waals surface area contributed by atoms with E-state index in [0.29, 0.717) is 18.4 Å². The maximum Gasteiger partial charge on any atom is 0.433 e. The first-order valence-corrected chi connectivity index (χ1v) is 11.3. The normalized spacial score (nSPS) is 24.6. The van der Waals surface area contributed by atoms with E-state index in [4.69, 9.17) is 0 Å². The van der Waals surface area contributed by atoms with Crippen molar-refractivity contribution >= 4 is 15.8 Å². The molecule has 1 aromatic heterocycles. The largest absolute Gasteiger partial charge is 0.433 e. The molecule has 0 radical (unpaired) electrons. The molecule has 1 aromatic carbocycles. The lowest BCUT2D eigenvalue weighted by molar-refractivity contribution is -0.141. The molecule has 0 amide bonds. The fourth-order valence-electron chi connectivity index (χ4n) is 4.78. The Morgan fingerprint density at radius 3 is 2.37 bits per heavy atom. The van der Waals surface area contributed by atoms with Crippen molar-refractivity contribution in [2.75, 3.05) is 0 Å². The first kappa shape index (κ1) is 19.7. The molecule has 9 heteroatoms. The minimum Gasteiger partial charge on any atom is -0.300 e. The number of nitrogens with zero attached hydrogens (tertiary/aromatic N) is 2. The number of aromatic nitrogens is 1. The molecule has 1 saturated heterocycles. The van der Waals surface area contributed by atoms with Crippen molar-refractivity contribution in [2.24, 2.45) is 0 Å². The van der Waals surface area contributed by atoms with Crippen LogP contribution in [0.15, 0.2) is 41.4 Å². The highest BCUT2D eigenvalue weighted by Crippen LogP contribution is 2.49. The summed E-state index contributed by atoms with van der Waals surface area (Å²) in [7, 11) is -4.12. The van der Waals surface area contributed by atoms with Gasteiger partial charge in [-0.1, -0.05) is 18.2 Å². The van der Waals surface area contributed by atoms with E-state index < -0.39 is 34.0 Å². The summed E-state index contributed by atoms with van der Waals surface area (Å²) in [4.78, 5) is 15.3. The number of carbonyl (C=O) groups excluding carboxylic acids is 1. The number of sulfonamides is 1. The Balaban J connectivity index is 1.57. The Bertz CT molecular complexity index is 1130. The summed E-state index contributed by atoms with van der Waals surface area (Å²) in [6, 6.07) is 6.31. The van der Waals surface area contributed by atoms with E-state index in [2.05, 4.69) is 11.1 Å². The average molecular weight is 436 g/mol. The van der Waals surface area contributed by atoms with E-state index in [-0.39, 0.29) is 23.5 Å². The Hall–Kier alpha value is -2.26. The van der Waals surface area contributed by atoms with Crippen molar-refractivity contribution < 1.29 is 26.4 Å². The van der Waals surface area contributed by atoms with Gasteiger partial charge in [0, 0.05) is 25.1 Å². The van der Waals surface area contributed by atoms with E-state index >= 15 is 0 Å². The van der Waals surface area contributed by atoms with Crippen LogP contribution in [0, 0.1) is 0 Å². The smallest absolute Gasteiger partial charge is 0.300 e. The minimum atomic E-state index is -4.64. The third-order valence-electron chi connectivity index (χ3n) is 6.22. The number of fused-ring (bicyclic) bond motifs is 4. The zero-order chi connectivity index (χ0) is 21.3. The molecule has 5 rings (SSSR count). The van der Waals surface area contributed by atoms with Crippen molar-refractivity contribution in [3.63, 3.8) is 0 Å². The highest BCUT2D eigenvalue weighted by atomic mass is 32.2. The quantitative estimate of drug-likeness (QED) is 0.730. The van der Waals surface area contributed by atoms with Crippen molar-refractivity contribution in [2.45, 2.75) is 61.2 Å². The van der Waals surface area contributed by atoms with Crippen LogP contribution < -0.4 is 0 Å². The van der Waals surface area contributed by atoms with Gasteiger partial charge in [-0.25, -0.2) is 8.42 Å². The van der Waals surface area contributed by atoms with Gasteiger partial charge in [-0.15, -0.1) is 0 Å². The average Bonchev–Trinajstić information content (AvgIpc) is 3.51. The van der Waals surface area contributed by atoms with Crippen LogP contribution in [0.25, 0.3) is 0 Å². The Labute approximate surface area is 172 Å². The Morgan fingerprint density at radius 1 is 1.00 bits per heavy atom. The number of pyridine rings is 1. The molecule has 3 aliphatic rings. The highest BCUT2D eigenvalue weighted by molar-refractivity contribution is 7.89. The maximum absolute atomic E-state index is 13.4. The van der Waals surface area contributed by atoms with E-state index in [0.717, 1.165) is 36.2 Å². The number of hydrogen-bond acceptors (Lipinski definition) is 4. The molecular weight excluding hydrogens is 417 g/mol. The van der Waals surface area contributed by atoms with Gasteiger partial charge in [0.2, 0.25) is 10.0 Å². The van der Waals surface area contributed by atoms with Gasteiger partial charge in [0.25, 0.3) is 0 Å². The molecule has 0 spiro atoms. The standard InChI is InChI=1S/C21H19F3N2O3S/c22-21(23,24)20-7-6-15(11-25-20)30(28,29)26-13-8-14(27)10-19(26)17-3-1-2-16(12-4-5-12)18(17)9-13/h1-3,6-7,11-13,19H,4-5,8-10H2/t13?,19-/m0/s1. The van der Waals surface area contributed by atoms with Crippen LogP contribution in [0.2, 0.25) is 0 Å². The van der Waals surface area contributed by atoms with Gasteiger partial charge in [-0.3, -0.25) is 9.78 Å². The molecule has 0 N–H and O–H groups in total. The zero-order valence-corrected chi connectivity index (χ0v) is 16.7. The summed E-state index contributed by atoms with van der Waals surface area (Å²) in [5.74, 6) is 0.503. The SMILES string of the molecule is O=C1CC2Cc3c(C4CC4)cccc3[C@H](C1)N2S(=O)(=O)c1ccc(C(F)(F)F)nc1. The molecule has 2 atom stereocenters. The summed E-state index contributed by atoms with van der Waals surface area (Å²) in [6.07, 6.45) is -1.03. The van der Waals surface area contributed by atoms with Crippen LogP contribution in [0.3, 0.4) is 0 Å². The monoisotopic (exact) mass is 436 g/mol. The van der Waals surface area contributed by atoms with Crippen LogP contribution in [-0.2, 0) is 27.4 Å². The lowest BCUT2D eigenvalue weighted by atomic mass is 9.79. The van der Waals surface area contributed by atoms with Gasteiger partial charge in [0.1, 0.15) is 16.4 Å². The van der Waals surface area contributed by atoms with Crippen molar-refractivity contribution in [3.8, 4) is 0 Å². The Kier molecular flexibility index (Phi) is 4.34. The van der Waals surface area contributed by atoms with Gasteiger partial charge in [-0.05, 0) is 54.0 Å². The van der Waals surface area contributed by atoms with Crippen molar-refractivity contribution in [1.29, 1.82) is 0 Å². The van der Waals surface area contributed by atoms with E-state index in [1.54, 1.807) is 0 Å². The second-order valence-electron chi connectivity index (χ2n) is 8.22. The molecule has 2 fully saturated rings. The molecule has 2 bridgehead atoms. The summed E-state index contributed by atoms with van der Waals surface area (Å²) >= 11 is 0. The van der Waals surface area contributed by atoms with Gasteiger partial charge in [0.15, 0.2) is 0 Å². The number of hydrogen-bond donors (Lipinski definition) is 0. The third-order valence-corrected chi connectivity index (χ3v) is 8.16. The van der Waals surface area contributed by atoms with Gasteiger partial charge in [-0.2, -0.15) is 17.5 Å². The van der Waals surface area contributed by atoms with Crippen LogP contribution in [-0.4, -0.2) is 29.5 Å². The second-order valence-corrected chi connectivity index (χ2v) is 10.1. The first-order chi connectivity index (χ1) is 14.2. The third kappa shape index (κ3) is 3.15. The van der Waals surface area contributed by atoms with E-state index in [9.17, 15) is 26.4 Å². The summed E-state index contributed by atoms with van der Waals surface area (Å²) in [5, 5.41) is 0. The summed E-state index contributed by atoms with van der Waals surface area (Å²) in [6.45, 7) is 0. The van der Waals surface area contributed by atoms with E-state index in [1.165, 1.54) is 9.87 Å². The molecule has 2 aliphatic heterocycles. The number of halogens is 3. The molecule has 1 unspecified atom stereocenters. The number of carbonyl (C=O) groups is 1. The predicted molar refractivity (Wildman–Crippen MR) is 101 cm³/mol. The van der Waals surface area contributed by atoms with Gasteiger partial charge < -0.3 is 0 Å². The predicted octanol–water partition coefficient (Wildman–Crippen LogP) is 4.00. The molecule has 5 nitrogen and oxygen atoms in total. The number of piperidine rings is 1. The number of Topliss-reactive ketones (excluding diaryl/α,β-unsaturated/α-hetero) is 1. The van der Waals surface area contributed by atoms with Gasteiger partial charge in [0.05, 0.1) is 6.04 Å². The lowest BCUT2D eigenvalue weighted by Gasteiger charge is -2.45. The maximum atomic E-state index is 13.4. The second kappa shape index (κ2) is 6.62. The number of benzene rings is 1. The molecule has 158 valence electrons. The van der Waals surface area contributed by atoms with E-state index in [1.807, 2.05) is 12.1 Å². The van der Waals surface area contributed by atoms with Crippen molar-refractivity contribution in [1.82, 2.24) is 9.29 Å². The van der Waals surface area contributed by atoms with Gasteiger partial charge >= 0.3 is 6.18 Å². The molecular formula is C21H19F3N2O3S. The lowest BCUT2D eigenvalue weighted by Crippen LogP contribution is -2.52. The molecule has 2 aromatic rings. The fraction of sp³-hybridized carbons (Fsp3) is 0.429. The summed E-state index contributed by atoms with van der Waals surface area (Å²) < 4.78 is 66.6. The topological polar surface area (TPSA) is 67.3 Å². The number of ketones is 1. The van der Waals surface area contributed by atoms with Crippen LogP contribution in [0.5, 0.6) is 0 Å². The highest BCUT2D eigenvalue weighted by Gasteiger charge is 2.48. The molecule has 1 aliphatic carbocycles. The molecule has 3 heterocycles. The number of alkyl halides is 3. The molecule has 30 heavy (non-hydrogen) atoms. The number of rotatable bonds is 3. The van der Waals surface area contributed by atoms with Crippen LogP contribution >= 0.6 is 0 Å². The Morgan fingerprint density at radius 2 is 1.73 bits per heavy atom. The van der Waals surface area contributed by atoms with Crippen LogP contribution in [0.4, 0.5) is 13.2 Å². The molecule has 1 saturated carbocycles. The first-order valence-electron chi connectivity index (χ1n) is 9.86. The van der Waals surface area contributed by atoms with Crippen molar-refractivity contribution in [3.05, 3.63) is 58.9 Å². The fourth-order valence-corrected chi connectivity index (χ4v) is 6.51. The minimum absolute atomic E-state index is 0.00414. The zero-order valence-electron chi connectivity index (χ0n) is 15.9. The summed E-state index contributed by atoms with van der Waals surface area (Å²) in [5.41, 5.74) is 2.08. The van der Waals surface area contributed by atoms with Crippen LogP contribution in [0.1, 0.15) is 60.0 Å².